The number of anilines is 1. The molecule has 0 amide bonds. The lowest BCUT2D eigenvalue weighted by Gasteiger charge is -2.38. The van der Waals surface area contributed by atoms with Crippen molar-refractivity contribution in [3.63, 3.8) is 0 Å². The van der Waals surface area contributed by atoms with Crippen molar-refractivity contribution in [3.8, 4) is 5.75 Å². The summed E-state index contributed by atoms with van der Waals surface area (Å²) in [5, 5.41) is 0. The lowest BCUT2D eigenvalue weighted by Crippen LogP contribution is -2.53. The van der Waals surface area contributed by atoms with Crippen LogP contribution in [0.2, 0.25) is 0 Å². The molecule has 3 aliphatic rings. The fraction of sp³-hybridized carbons (Fsp3) is 0.588. The van der Waals surface area contributed by atoms with E-state index >= 15 is 0 Å². The first-order valence-electron chi connectivity index (χ1n) is 8.28. The van der Waals surface area contributed by atoms with E-state index in [4.69, 9.17) is 10.5 Å². The number of nitrogen functional groups attached to an aromatic ring is 1. The first-order chi connectivity index (χ1) is 10.7. The van der Waals surface area contributed by atoms with Gasteiger partial charge in [-0.05, 0) is 39.0 Å². The highest BCUT2D eigenvalue weighted by molar-refractivity contribution is 5.86. The van der Waals surface area contributed by atoms with Gasteiger partial charge in [0.05, 0.1) is 13.1 Å². The lowest BCUT2D eigenvalue weighted by molar-refractivity contribution is -0.455. The van der Waals surface area contributed by atoms with Gasteiger partial charge < -0.3 is 15.4 Å². The number of nitrogens with zero attached hydrogens (tertiary/aromatic N) is 3. The Balaban J connectivity index is 1.54. The third-order valence-corrected chi connectivity index (χ3v) is 5.25. The van der Waals surface area contributed by atoms with Gasteiger partial charge in [0.25, 0.3) is 0 Å². The quantitative estimate of drug-likeness (QED) is 0.624. The zero-order valence-corrected chi connectivity index (χ0v) is 13.3. The Bertz CT molecular complexity index is 605. The summed E-state index contributed by atoms with van der Waals surface area (Å²) in [6.07, 6.45) is 2.58. The van der Waals surface area contributed by atoms with Crippen LogP contribution >= 0.6 is 0 Å². The maximum atomic E-state index is 5.93. The molecule has 118 valence electrons. The van der Waals surface area contributed by atoms with E-state index in [1.165, 1.54) is 37.3 Å². The second-order valence-corrected chi connectivity index (χ2v) is 6.74. The molecule has 3 heterocycles. The molecule has 0 atom stereocenters. The average molecular weight is 301 g/mol. The number of fused-ring (bicyclic) bond motifs is 2. The fourth-order valence-electron chi connectivity index (χ4n) is 3.90. The molecule has 0 saturated carbocycles. The van der Waals surface area contributed by atoms with E-state index in [1.54, 1.807) is 0 Å². The van der Waals surface area contributed by atoms with Crippen LogP contribution in [0, 0.1) is 0 Å². The van der Waals surface area contributed by atoms with E-state index in [0.29, 0.717) is 6.61 Å². The summed E-state index contributed by atoms with van der Waals surface area (Å²) >= 11 is 0. The minimum absolute atomic E-state index is 0.694. The molecule has 3 aliphatic heterocycles. The number of hydrogen-bond donors (Lipinski definition) is 1. The molecule has 5 nitrogen and oxygen atoms in total. The van der Waals surface area contributed by atoms with Crippen molar-refractivity contribution in [1.29, 1.82) is 0 Å². The van der Waals surface area contributed by atoms with Crippen LogP contribution in [0.3, 0.4) is 0 Å². The Kier molecular flexibility index (Phi) is 3.54. The first-order valence-corrected chi connectivity index (χ1v) is 8.28. The van der Waals surface area contributed by atoms with Crippen molar-refractivity contribution in [1.82, 2.24) is 9.80 Å². The molecule has 4 rings (SSSR count). The Morgan fingerprint density at radius 3 is 2.86 bits per heavy atom. The number of benzene rings is 1. The van der Waals surface area contributed by atoms with Gasteiger partial charge in [0.1, 0.15) is 0 Å². The van der Waals surface area contributed by atoms with Crippen LogP contribution < -0.4 is 10.5 Å². The first kappa shape index (κ1) is 14.0. The zero-order valence-electron chi connectivity index (χ0n) is 13.3. The minimum atomic E-state index is 0.694. The third-order valence-electron chi connectivity index (χ3n) is 5.25. The maximum Gasteiger partial charge on any atom is 0.247 e. The summed E-state index contributed by atoms with van der Waals surface area (Å²) in [5.74, 6) is 0.927. The molecule has 1 aromatic carbocycles. The molecular weight excluding hydrogens is 276 g/mol. The number of hydrogen-bond acceptors (Lipinski definition) is 4. The van der Waals surface area contributed by atoms with Crippen molar-refractivity contribution in [2.24, 2.45) is 0 Å². The molecule has 0 radical (unpaired) electrons. The van der Waals surface area contributed by atoms with E-state index in [-0.39, 0.29) is 0 Å². The number of piperidine rings is 1. The summed E-state index contributed by atoms with van der Waals surface area (Å²) in [5.41, 5.74) is 9.20. The summed E-state index contributed by atoms with van der Waals surface area (Å²) in [7, 11) is 2.22. The largest absolute Gasteiger partial charge is 0.476 e. The van der Waals surface area contributed by atoms with Gasteiger partial charge in [-0.15, -0.1) is 0 Å². The van der Waals surface area contributed by atoms with Crippen molar-refractivity contribution in [2.45, 2.75) is 18.9 Å². The minimum Gasteiger partial charge on any atom is -0.476 e. The maximum absolute atomic E-state index is 5.93. The van der Waals surface area contributed by atoms with Gasteiger partial charge >= 0.3 is 0 Å². The second-order valence-electron chi connectivity index (χ2n) is 6.74. The summed E-state index contributed by atoms with van der Waals surface area (Å²) < 4.78 is 8.37. The number of ether oxygens (including phenoxy) is 1. The van der Waals surface area contributed by atoms with Crippen LogP contribution in [0.25, 0.3) is 0 Å². The van der Waals surface area contributed by atoms with Gasteiger partial charge in [-0.3, -0.25) is 4.90 Å². The molecule has 0 spiro atoms. The van der Waals surface area contributed by atoms with E-state index < -0.39 is 0 Å². The third kappa shape index (κ3) is 2.48. The molecule has 22 heavy (non-hydrogen) atoms. The molecule has 0 unspecified atom stereocenters. The van der Waals surface area contributed by atoms with Crippen LogP contribution in [0.5, 0.6) is 5.75 Å². The molecule has 2 N–H and O–H groups in total. The van der Waals surface area contributed by atoms with Crippen molar-refractivity contribution in [3.05, 3.63) is 18.2 Å². The molecule has 1 aromatic rings. The van der Waals surface area contributed by atoms with Gasteiger partial charge in [0, 0.05) is 23.9 Å². The number of nitrogens with two attached hydrogens (primary N) is 1. The standard InChI is InChI=1S/C17H25N4O/c1-19-6-4-14(5-7-19)20-8-9-21-15(11-20)12-22-17-10-13(18)2-3-16(17)21/h2-3,10,14H,4-9,11-12,18H2,1H3/q+1. The predicted molar refractivity (Wildman–Crippen MR) is 88.2 cm³/mol. The SMILES string of the molecule is CN1CCC(N2CC[N+]3=C(COc4cc(N)ccc43)C2)CC1. The molecule has 0 bridgehead atoms. The Morgan fingerprint density at radius 1 is 1.23 bits per heavy atom. The highest BCUT2D eigenvalue weighted by Gasteiger charge is 2.36. The van der Waals surface area contributed by atoms with Gasteiger partial charge in [-0.1, -0.05) is 0 Å². The fourth-order valence-corrected chi connectivity index (χ4v) is 3.90. The number of likely N-dealkylation sites (tertiary alicyclic amines) is 1. The zero-order chi connectivity index (χ0) is 15.1. The van der Waals surface area contributed by atoms with Crippen molar-refractivity contribution in [2.75, 3.05) is 52.1 Å². The summed E-state index contributed by atoms with van der Waals surface area (Å²) in [6.45, 7) is 6.37. The van der Waals surface area contributed by atoms with Gasteiger partial charge in [0.2, 0.25) is 11.4 Å². The second kappa shape index (κ2) is 5.56. The Morgan fingerprint density at radius 2 is 2.05 bits per heavy atom. The van der Waals surface area contributed by atoms with E-state index in [1.807, 2.05) is 12.1 Å². The highest BCUT2D eigenvalue weighted by atomic mass is 16.5. The molecule has 1 fully saturated rings. The highest BCUT2D eigenvalue weighted by Crippen LogP contribution is 2.33. The van der Waals surface area contributed by atoms with Crippen molar-refractivity contribution < 1.29 is 9.31 Å². The van der Waals surface area contributed by atoms with Crippen LogP contribution in [-0.2, 0) is 0 Å². The van der Waals surface area contributed by atoms with Gasteiger partial charge in [-0.2, -0.15) is 4.58 Å². The predicted octanol–water partition coefficient (Wildman–Crippen LogP) is 1.16. The van der Waals surface area contributed by atoms with E-state index in [0.717, 1.165) is 37.1 Å². The smallest absolute Gasteiger partial charge is 0.247 e. The Labute approximate surface area is 132 Å². The van der Waals surface area contributed by atoms with E-state index in [9.17, 15) is 0 Å². The van der Waals surface area contributed by atoms with Crippen LogP contribution in [0.1, 0.15) is 12.8 Å². The van der Waals surface area contributed by atoms with Crippen LogP contribution in [0.15, 0.2) is 18.2 Å². The van der Waals surface area contributed by atoms with Crippen LogP contribution in [0.4, 0.5) is 11.4 Å². The van der Waals surface area contributed by atoms with Gasteiger partial charge in [0.15, 0.2) is 18.9 Å². The Hall–Kier alpha value is -1.59. The monoisotopic (exact) mass is 301 g/mol. The molecule has 0 aliphatic carbocycles. The van der Waals surface area contributed by atoms with E-state index in [2.05, 4.69) is 27.5 Å². The normalized spacial score (nSPS) is 23.9. The molecule has 5 heteroatoms. The van der Waals surface area contributed by atoms with Crippen molar-refractivity contribution >= 4 is 17.1 Å². The molecular formula is C17H25N4O+. The number of rotatable bonds is 1. The van der Waals surface area contributed by atoms with Crippen LogP contribution in [-0.4, -0.2) is 72.5 Å². The van der Waals surface area contributed by atoms with Gasteiger partial charge in [-0.25, -0.2) is 0 Å². The topological polar surface area (TPSA) is 44.7 Å². The molecule has 1 saturated heterocycles. The molecule has 0 aromatic heterocycles. The summed E-state index contributed by atoms with van der Waals surface area (Å²) in [4.78, 5) is 5.09. The average Bonchev–Trinajstić information content (AvgIpc) is 2.54. The summed E-state index contributed by atoms with van der Waals surface area (Å²) in [6, 6.07) is 6.73. The lowest BCUT2D eigenvalue weighted by atomic mass is 10.0.